The molecule has 5 heteroatoms. The van der Waals surface area contributed by atoms with E-state index in [1.807, 2.05) is 20.8 Å². The number of nitrogens with one attached hydrogen (secondary N) is 2. The maximum Gasteiger partial charge on any atom is 0.299 e. The van der Waals surface area contributed by atoms with Crippen LogP contribution in [0.2, 0.25) is 0 Å². The number of hydrazone groups is 1. The number of thioether (sulfide) groups is 1. The molecule has 1 amide bonds. The van der Waals surface area contributed by atoms with Crippen molar-refractivity contribution in [1.82, 2.24) is 10.7 Å². The zero-order valence-corrected chi connectivity index (χ0v) is 16.4. The number of carbonyl (C=O) groups is 1. The Labute approximate surface area is 150 Å². The van der Waals surface area contributed by atoms with Gasteiger partial charge in [-0.25, -0.2) is 5.43 Å². The Bertz CT molecular complexity index is 638. The average Bonchev–Trinajstić information content (AvgIpc) is 2.92. The molecule has 0 saturated heterocycles. The molecule has 1 aromatic rings. The van der Waals surface area contributed by atoms with Gasteiger partial charge in [0, 0.05) is 17.8 Å². The van der Waals surface area contributed by atoms with Gasteiger partial charge >= 0.3 is 0 Å². The van der Waals surface area contributed by atoms with E-state index in [0.717, 1.165) is 23.5 Å². The Kier molecular flexibility index (Phi) is 8.05. The fourth-order valence-corrected chi connectivity index (χ4v) is 3.33. The molecule has 0 aliphatic carbocycles. The molecule has 1 unspecified atom stereocenters. The van der Waals surface area contributed by atoms with Gasteiger partial charge in [-0.05, 0) is 42.7 Å². The lowest BCUT2D eigenvalue weighted by atomic mass is 9.96. The van der Waals surface area contributed by atoms with E-state index in [0.29, 0.717) is 0 Å². The van der Waals surface area contributed by atoms with Crippen molar-refractivity contribution in [3.63, 3.8) is 0 Å². The minimum atomic E-state index is -0.0934. The Morgan fingerprint density at radius 1 is 1.33 bits per heavy atom. The van der Waals surface area contributed by atoms with Crippen LogP contribution in [0, 0.1) is 6.92 Å². The summed E-state index contributed by atoms with van der Waals surface area (Å²) < 4.78 is 0. The third-order valence-corrected chi connectivity index (χ3v) is 4.33. The highest BCUT2D eigenvalue weighted by Crippen LogP contribution is 2.30. The first-order chi connectivity index (χ1) is 11.5. The molecule has 2 aliphatic rings. The number of hydrogen-bond donors (Lipinski definition) is 2. The van der Waals surface area contributed by atoms with Crippen LogP contribution in [0.4, 0.5) is 4.79 Å². The maximum atomic E-state index is 11.3. The zero-order chi connectivity index (χ0) is 18.3. The summed E-state index contributed by atoms with van der Waals surface area (Å²) in [5.41, 5.74) is 9.18. The molecule has 0 radical (unpaired) electrons. The van der Waals surface area contributed by atoms with Crippen LogP contribution in [0.3, 0.4) is 0 Å². The quantitative estimate of drug-likeness (QED) is 0.746. The molecule has 0 saturated carbocycles. The molecular weight excluding hydrogens is 318 g/mol. The molecule has 0 bridgehead atoms. The fraction of sp³-hybridized carbons (Fsp3) is 0.474. The molecule has 132 valence electrons. The van der Waals surface area contributed by atoms with Crippen LogP contribution in [0.25, 0.3) is 5.70 Å². The molecule has 3 rings (SSSR count). The number of nitrogens with zero attached hydrogens (tertiary/aromatic N) is 1. The van der Waals surface area contributed by atoms with Crippen molar-refractivity contribution in [3.8, 4) is 0 Å². The van der Waals surface area contributed by atoms with Gasteiger partial charge in [0.1, 0.15) is 0 Å². The predicted octanol–water partition coefficient (Wildman–Crippen LogP) is 5.06. The minimum absolute atomic E-state index is 0.0729. The number of hydrogen-bond acceptors (Lipinski definition) is 4. The number of rotatable bonds is 1. The van der Waals surface area contributed by atoms with Crippen molar-refractivity contribution in [2.75, 3.05) is 0 Å². The first kappa shape index (κ1) is 20.3. The van der Waals surface area contributed by atoms with E-state index in [4.69, 9.17) is 0 Å². The molecule has 0 fully saturated rings. The van der Waals surface area contributed by atoms with Crippen LogP contribution in [0.15, 0.2) is 23.8 Å². The Hall–Kier alpha value is -1.75. The monoisotopic (exact) mass is 347 g/mol. The maximum absolute atomic E-state index is 11.3. The molecule has 1 aromatic carbocycles. The van der Waals surface area contributed by atoms with E-state index in [2.05, 4.69) is 55.3 Å². The molecule has 0 spiro atoms. The molecule has 0 aromatic heterocycles. The normalized spacial score (nSPS) is 18.1. The van der Waals surface area contributed by atoms with E-state index < -0.39 is 0 Å². The van der Waals surface area contributed by atoms with Gasteiger partial charge in [-0.3, -0.25) is 4.79 Å². The standard InChI is InChI=1S/C14H15N3OS.C3H8.C2H6/c1-7-4-10(5-11-6-15-8(2)12(7)11)13-9(3)19-14(18)17-16-13;1-3-2;1-2/h4-5,9,15H,2,6H2,1,3H3,(H,17,18);3H2,1-2H3;1-2H3. The summed E-state index contributed by atoms with van der Waals surface area (Å²) in [5.74, 6) is 0. The minimum Gasteiger partial charge on any atom is -0.381 e. The van der Waals surface area contributed by atoms with E-state index in [-0.39, 0.29) is 10.5 Å². The van der Waals surface area contributed by atoms with Crippen molar-refractivity contribution in [2.45, 2.75) is 59.8 Å². The van der Waals surface area contributed by atoms with Crippen LogP contribution in [0.5, 0.6) is 0 Å². The van der Waals surface area contributed by atoms with Crippen molar-refractivity contribution < 1.29 is 4.79 Å². The molecule has 2 N–H and O–H groups in total. The largest absolute Gasteiger partial charge is 0.381 e. The lowest BCUT2D eigenvalue weighted by Gasteiger charge is -2.19. The topological polar surface area (TPSA) is 53.5 Å². The van der Waals surface area contributed by atoms with Crippen LogP contribution in [-0.4, -0.2) is 16.2 Å². The number of carbonyl (C=O) groups excluding carboxylic acids is 1. The molecular formula is C19H29N3OS. The van der Waals surface area contributed by atoms with E-state index in [9.17, 15) is 4.79 Å². The molecule has 1 atom stereocenters. The van der Waals surface area contributed by atoms with Crippen LogP contribution in [0.1, 0.15) is 63.3 Å². The summed E-state index contributed by atoms with van der Waals surface area (Å²) in [6.45, 7) is 17.2. The van der Waals surface area contributed by atoms with E-state index in [1.165, 1.54) is 34.9 Å². The molecule has 2 aliphatic heterocycles. The van der Waals surface area contributed by atoms with Crippen LogP contribution < -0.4 is 10.7 Å². The molecule has 24 heavy (non-hydrogen) atoms. The highest BCUT2D eigenvalue weighted by Gasteiger charge is 2.25. The fourth-order valence-electron chi connectivity index (χ4n) is 2.61. The summed E-state index contributed by atoms with van der Waals surface area (Å²) >= 11 is 1.27. The van der Waals surface area contributed by atoms with Gasteiger partial charge in [-0.15, -0.1) is 0 Å². The lowest BCUT2D eigenvalue weighted by Crippen LogP contribution is -2.29. The Morgan fingerprint density at radius 2 is 1.96 bits per heavy atom. The van der Waals surface area contributed by atoms with Crippen LogP contribution >= 0.6 is 11.8 Å². The molecule has 4 nitrogen and oxygen atoms in total. The second-order valence-electron chi connectivity index (χ2n) is 5.52. The first-order valence-corrected chi connectivity index (χ1v) is 9.47. The highest BCUT2D eigenvalue weighted by molar-refractivity contribution is 8.14. The third-order valence-electron chi connectivity index (χ3n) is 3.44. The van der Waals surface area contributed by atoms with Crippen molar-refractivity contribution in [2.24, 2.45) is 5.10 Å². The van der Waals surface area contributed by atoms with E-state index in [1.54, 1.807) is 0 Å². The number of aryl methyl sites for hydroxylation is 1. The summed E-state index contributed by atoms with van der Waals surface area (Å²) in [5, 5.41) is 7.45. The van der Waals surface area contributed by atoms with Crippen molar-refractivity contribution in [3.05, 3.63) is 41.0 Å². The van der Waals surface area contributed by atoms with Gasteiger partial charge in [-0.1, -0.05) is 52.5 Å². The van der Waals surface area contributed by atoms with Gasteiger partial charge in [-0.2, -0.15) is 5.10 Å². The number of amides is 1. The second kappa shape index (κ2) is 9.52. The molecule has 2 heterocycles. The van der Waals surface area contributed by atoms with Crippen molar-refractivity contribution in [1.29, 1.82) is 0 Å². The Balaban J connectivity index is 0.000000521. The van der Waals surface area contributed by atoms with Gasteiger partial charge in [0.2, 0.25) is 0 Å². The summed E-state index contributed by atoms with van der Waals surface area (Å²) in [6.07, 6.45) is 1.25. The summed E-state index contributed by atoms with van der Waals surface area (Å²) in [6, 6.07) is 4.26. The highest BCUT2D eigenvalue weighted by atomic mass is 32.2. The van der Waals surface area contributed by atoms with Crippen LogP contribution in [-0.2, 0) is 6.54 Å². The zero-order valence-electron chi connectivity index (χ0n) is 15.6. The predicted molar refractivity (Wildman–Crippen MR) is 106 cm³/mol. The van der Waals surface area contributed by atoms with Gasteiger partial charge < -0.3 is 5.32 Å². The first-order valence-electron chi connectivity index (χ1n) is 8.59. The second-order valence-corrected chi connectivity index (χ2v) is 6.84. The van der Waals surface area contributed by atoms with Gasteiger partial charge in [0.25, 0.3) is 5.24 Å². The van der Waals surface area contributed by atoms with E-state index >= 15 is 0 Å². The SMILES string of the molecule is C=C1NCc2cc(C3=NNC(=O)SC3C)cc(C)c21.CC.CCC. The number of benzene rings is 1. The summed E-state index contributed by atoms with van der Waals surface area (Å²) in [7, 11) is 0. The summed E-state index contributed by atoms with van der Waals surface area (Å²) in [4.78, 5) is 11.3. The third kappa shape index (κ3) is 4.63. The number of fused-ring (bicyclic) bond motifs is 1. The Morgan fingerprint density at radius 3 is 2.54 bits per heavy atom. The van der Waals surface area contributed by atoms with Gasteiger partial charge in [0.15, 0.2) is 0 Å². The smallest absolute Gasteiger partial charge is 0.299 e. The van der Waals surface area contributed by atoms with Crippen molar-refractivity contribution >= 4 is 28.4 Å². The lowest BCUT2D eigenvalue weighted by molar-refractivity contribution is 0.261. The average molecular weight is 348 g/mol. The van der Waals surface area contributed by atoms with Gasteiger partial charge in [0.05, 0.1) is 11.0 Å².